The van der Waals surface area contributed by atoms with Gasteiger partial charge in [-0.15, -0.1) is 22.7 Å². The number of thiophene rings is 2. The lowest BCUT2D eigenvalue weighted by Gasteiger charge is -2.19. The number of benzene rings is 3. The molecule has 0 amide bonds. The Kier molecular flexibility index (Phi) is 4.06. The second-order valence-electron chi connectivity index (χ2n) is 8.33. The van der Waals surface area contributed by atoms with Gasteiger partial charge in [0.1, 0.15) is 0 Å². The van der Waals surface area contributed by atoms with E-state index in [1.807, 2.05) is 22.7 Å². The predicted octanol–water partition coefficient (Wildman–Crippen LogP) is 6.04. The third-order valence-electron chi connectivity index (χ3n) is 6.29. The summed E-state index contributed by atoms with van der Waals surface area (Å²) >= 11 is 3.93. The van der Waals surface area contributed by atoms with Gasteiger partial charge in [-0.05, 0) is 64.4 Å². The minimum Gasteiger partial charge on any atom is -0.149 e. The van der Waals surface area contributed by atoms with Crippen molar-refractivity contribution in [2.75, 3.05) is 0 Å². The predicted molar refractivity (Wildman–Crippen MR) is 138 cm³/mol. The van der Waals surface area contributed by atoms with Gasteiger partial charge in [-0.1, -0.05) is 82.8 Å². The zero-order valence-corrected chi connectivity index (χ0v) is 19.0. The first-order valence-electron chi connectivity index (χ1n) is 10.4. The molecule has 5 aromatic rings. The van der Waals surface area contributed by atoms with Crippen LogP contribution in [0.15, 0.2) is 60.7 Å². The van der Waals surface area contributed by atoms with E-state index in [1.165, 1.54) is 63.0 Å². The molecule has 0 fully saturated rings. The SMILES string of the molecule is Cc1cc(C)c(B2c3sc4ccccc4c3C=Cc3c2sc2ccccc32)c(C)c1. The molecule has 0 N–H and O–H groups in total. The molecule has 0 saturated heterocycles. The van der Waals surface area contributed by atoms with Gasteiger partial charge in [0.05, 0.1) is 0 Å². The van der Waals surface area contributed by atoms with Gasteiger partial charge < -0.3 is 0 Å². The molecule has 0 spiro atoms. The van der Waals surface area contributed by atoms with Crippen molar-refractivity contribution < 1.29 is 0 Å². The standard InChI is InChI=1S/C27H21BS2/c1-16-14-17(2)25(18(3)15-16)28-26-21(19-8-4-6-10-23(19)29-26)12-13-22-20-9-5-7-11-24(20)30-27(22)28/h4-15H,1-3H3. The third-order valence-corrected chi connectivity index (χ3v) is 8.80. The summed E-state index contributed by atoms with van der Waals surface area (Å²) in [5, 5.41) is 2.75. The van der Waals surface area contributed by atoms with E-state index in [-0.39, 0.29) is 6.71 Å². The molecule has 2 aromatic heterocycles. The first kappa shape index (κ1) is 18.2. The molecule has 0 nitrogen and oxygen atoms in total. The molecule has 3 aromatic carbocycles. The molecule has 0 unspecified atom stereocenters. The molecule has 1 aliphatic rings. The maximum absolute atomic E-state index is 2.37. The van der Waals surface area contributed by atoms with Crippen molar-refractivity contribution in [2.24, 2.45) is 0 Å². The lowest BCUT2D eigenvalue weighted by atomic mass is 9.40. The van der Waals surface area contributed by atoms with E-state index in [9.17, 15) is 0 Å². The molecular formula is C27H21BS2. The summed E-state index contributed by atoms with van der Waals surface area (Å²) in [6.45, 7) is 7.05. The highest BCUT2D eigenvalue weighted by atomic mass is 32.1. The van der Waals surface area contributed by atoms with E-state index in [4.69, 9.17) is 0 Å². The van der Waals surface area contributed by atoms with Gasteiger partial charge >= 0.3 is 0 Å². The van der Waals surface area contributed by atoms with Gasteiger partial charge in [-0.25, -0.2) is 0 Å². The smallest absolute Gasteiger partial charge is 0.149 e. The molecule has 0 aliphatic carbocycles. The highest BCUT2D eigenvalue weighted by Gasteiger charge is 2.34. The number of hydrogen-bond donors (Lipinski definition) is 0. The van der Waals surface area contributed by atoms with Crippen LogP contribution in [0.3, 0.4) is 0 Å². The summed E-state index contributed by atoms with van der Waals surface area (Å²) in [5.74, 6) is 0. The average molecular weight is 420 g/mol. The fourth-order valence-corrected chi connectivity index (χ4v) is 7.84. The number of rotatable bonds is 1. The van der Waals surface area contributed by atoms with Crippen LogP contribution in [-0.4, -0.2) is 6.71 Å². The number of aryl methyl sites for hydroxylation is 3. The second-order valence-corrected chi connectivity index (χ2v) is 10.5. The quantitative estimate of drug-likeness (QED) is 0.285. The van der Waals surface area contributed by atoms with E-state index < -0.39 is 0 Å². The van der Waals surface area contributed by atoms with Crippen LogP contribution in [0.2, 0.25) is 0 Å². The van der Waals surface area contributed by atoms with Crippen molar-refractivity contribution >= 4 is 76.7 Å². The van der Waals surface area contributed by atoms with Gasteiger partial charge in [0.25, 0.3) is 6.71 Å². The Morgan fingerprint density at radius 1 is 0.633 bits per heavy atom. The highest BCUT2D eigenvalue weighted by molar-refractivity contribution is 7.39. The first-order valence-corrected chi connectivity index (χ1v) is 12.0. The van der Waals surface area contributed by atoms with E-state index in [0.717, 1.165) is 0 Å². The fraction of sp³-hybridized carbons (Fsp3) is 0.111. The largest absolute Gasteiger partial charge is 0.268 e. The summed E-state index contributed by atoms with van der Waals surface area (Å²) in [7, 11) is 0. The minimum absolute atomic E-state index is 0.278. The fourth-order valence-electron chi connectivity index (χ4n) is 5.14. The van der Waals surface area contributed by atoms with Crippen molar-refractivity contribution in [2.45, 2.75) is 20.8 Å². The lowest BCUT2D eigenvalue weighted by Crippen LogP contribution is -2.53. The van der Waals surface area contributed by atoms with E-state index in [2.05, 4.69) is 93.6 Å². The zero-order chi connectivity index (χ0) is 20.4. The van der Waals surface area contributed by atoms with Crippen LogP contribution in [0.1, 0.15) is 27.8 Å². The summed E-state index contributed by atoms with van der Waals surface area (Å²) in [6, 6.07) is 22.4. The van der Waals surface area contributed by atoms with Crippen LogP contribution >= 0.6 is 22.7 Å². The monoisotopic (exact) mass is 420 g/mol. The van der Waals surface area contributed by atoms with Gasteiger partial charge in [-0.2, -0.15) is 0 Å². The van der Waals surface area contributed by atoms with E-state index >= 15 is 0 Å². The second kappa shape index (κ2) is 6.70. The Morgan fingerprint density at radius 3 is 1.60 bits per heavy atom. The molecule has 6 rings (SSSR count). The van der Waals surface area contributed by atoms with Crippen LogP contribution < -0.4 is 15.0 Å². The molecule has 1 aliphatic heterocycles. The van der Waals surface area contributed by atoms with Crippen molar-refractivity contribution in [1.82, 2.24) is 0 Å². The average Bonchev–Trinajstić information content (AvgIpc) is 3.23. The van der Waals surface area contributed by atoms with Crippen LogP contribution in [0.25, 0.3) is 32.3 Å². The van der Waals surface area contributed by atoms with Gasteiger partial charge in [0.15, 0.2) is 0 Å². The molecule has 144 valence electrons. The Morgan fingerprint density at radius 2 is 1.10 bits per heavy atom. The maximum Gasteiger partial charge on any atom is 0.268 e. The Bertz CT molecular complexity index is 1370. The number of hydrogen-bond acceptors (Lipinski definition) is 2. The number of fused-ring (bicyclic) bond motifs is 6. The summed E-state index contributed by atoms with van der Waals surface area (Å²) in [5.41, 5.74) is 8.40. The van der Waals surface area contributed by atoms with Crippen LogP contribution in [0, 0.1) is 20.8 Å². The third kappa shape index (κ3) is 2.59. The van der Waals surface area contributed by atoms with Crippen LogP contribution in [0.4, 0.5) is 0 Å². The molecule has 0 saturated carbocycles. The summed E-state index contributed by atoms with van der Waals surface area (Å²) in [4.78, 5) is 0. The van der Waals surface area contributed by atoms with E-state index in [1.54, 1.807) is 0 Å². The van der Waals surface area contributed by atoms with Gasteiger partial charge in [-0.3, -0.25) is 0 Å². The topological polar surface area (TPSA) is 0 Å². The van der Waals surface area contributed by atoms with E-state index in [0.29, 0.717) is 0 Å². The molecular weight excluding hydrogens is 399 g/mol. The highest BCUT2D eigenvalue weighted by Crippen LogP contribution is 2.33. The maximum atomic E-state index is 2.37. The van der Waals surface area contributed by atoms with Crippen LogP contribution in [0.5, 0.6) is 0 Å². The van der Waals surface area contributed by atoms with Crippen molar-refractivity contribution in [3.8, 4) is 0 Å². The van der Waals surface area contributed by atoms with Crippen molar-refractivity contribution in [1.29, 1.82) is 0 Å². The van der Waals surface area contributed by atoms with Gasteiger partial charge in [0, 0.05) is 9.40 Å². The Balaban J connectivity index is 1.76. The molecule has 0 atom stereocenters. The van der Waals surface area contributed by atoms with Crippen LogP contribution in [-0.2, 0) is 0 Å². The minimum atomic E-state index is 0.278. The van der Waals surface area contributed by atoms with Gasteiger partial charge in [0.2, 0.25) is 0 Å². The first-order chi connectivity index (χ1) is 14.6. The summed E-state index contributed by atoms with van der Waals surface area (Å²) in [6.07, 6.45) is 4.73. The summed E-state index contributed by atoms with van der Waals surface area (Å²) < 4.78 is 5.72. The Hall–Kier alpha value is -2.62. The normalized spacial score (nSPS) is 13.0. The van der Waals surface area contributed by atoms with Crippen molar-refractivity contribution in [3.63, 3.8) is 0 Å². The lowest BCUT2D eigenvalue weighted by molar-refractivity contribution is 1.35. The Labute approximate surface area is 185 Å². The molecule has 3 heterocycles. The molecule has 0 bridgehead atoms. The molecule has 3 heteroatoms. The molecule has 30 heavy (non-hydrogen) atoms. The molecule has 0 radical (unpaired) electrons. The zero-order valence-electron chi connectivity index (χ0n) is 17.3. The van der Waals surface area contributed by atoms with Crippen molar-refractivity contribution in [3.05, 3.63) is 88.5 Å².